The van der Waals surface area contributed by atoms with Crippen LogP contribution in [-0.4, -0.2) is 19.7 Å². The summed E-state index contributed by atoms with van der Waals surface area (Å²) in [4.78, 5) is 21.9. The normalized spacial score (nSPS) is 11.2. The Bertz CT molecular complexity index is 1040. The zero-order valence-corrected chi connectivity index (χ0v) is 13.2. The third kappa shape index (κ3) is 2.64. The molecule has 4 aromatic rings. The van der Waals surface area contributed by atoms with Gasteiger partial charge in [-0.25, -0.2) is 4.98 Å². The van der Waals surface area contributed by atoms with E-state index in [1.165, 1.54) is 22.2 Å². The summed E-state index contributed by atoms with van der Waals surface area (Å²) < 4.78 is 6.65. The van der Waals surface area contributed by atoms with Crippen molar-refractivity contribution in [3.05, 3.63) is 63.3 Å². The van der Waals surface area contributed by atoms with Crippen LogP contribution in [0, 0.1) is 0 Å². The number of aromatic nitrogens is 4. The minimum Gasteiger partial charge on any atom is -0.337 e. The standard InChI is InChI=1S/C15H9ClN4O2S/c16-9-3-4-10-11(6-9)17-8-20(15(10)21)7-13-18-14(19-22-13)12-2-1-5-23-12/h1-6,8H,7H2. The zero-order chi connectivity index (χ0) is 15.8. The summed E-state index contributed by atoms with van der Waals surface area (Å²) in [5, 5.41) is 6.90. The van der Waals surface area contributed by atoms with Crippen molar-refractivity contribution < 1.29 is 4.52 Å². The molecule has 6 nitrogen and oxygen atoms in total. The molecule has 0 amide bonds. The fraction of sp³-hybridized carbons (Fsp3) is 0.0667. The van der Waals surface area contributed by atoms with Gasteiger partial charge in [-0.3, -0.25) is 9.36 Å². The number of halogens is 1. The number of rotatable bonds is 3. The van der Waals surface area contributed by atoms with E-state index < -0.39 is 0 Å². The summed E-state index contributed by atoms with van der Waals surface area (Å²) in [6.45, 7) is 0.169. The van der Waals surface area contributed by atoms with Crippen LogP contribution in [-0.2, 0) is 6.54 Å². The number of nitrogens with zero attached hydrogens (tertiary/aromatic N) is 4. The molecule has 0 spiro atoms. The van der Waals surface area contributed by atoms with Crippen molar-refractivity contribution in [2.24, 2.45) is 0 Å². The Morgan fingerprint density at radius 1 is 1.30 bits per heavy atom. The Balaban J connectivity index is 1.69. The van der Waals surface area contributed by atoms with E-state index in [0.717, 1.165) is 4.88 Å². The molecule has 8 heteroatoms. The van der Waals surface area contributed by atoms with Crippen molar-refractivity contribution in [1.29, 1.82) is 0 Å². The second-order valence-corrected chi connectivity index (χ2v) is 6.21. The predicted molar refractivity (Wildman–Crippen MR) is 87.7 cm³/mol. The summed E-state index contributed by atoms with van der Waals surface area (Å²) in [5.74, 6) is 0.870. The Hall–Kier alpha value is -2.51. The van der Waals surface area contributed by atoms with Crippen LogP contribution in [0.3, 0.4) is 0 Å². The maximum atomic E-state index is 12.5. The molecule has 114 valence electrons. The first-order valence-electron chi connectivity index (χ1n) is 6.72. The maximum Gasteiger partial charge on any atom is 0.261 e. The molecular weight excluding hydrogens is 336 g/mol. The lowest BCUT2D eigenvalue weighted by atomic mass is 10.2. The highest BCUT2D eigenvalue weighted by atomic mass is 35.5. The van der Waals surface area contributed by atoms with Gasteiger partial charge < -0.3 is 4.52 Å². The Kier molecular flexibility index (Phi) is 3.44. The molecule has 3 heterocycles. The van der Waals surface area contributed by atoms with Crippen LogP contribution in [0.25, 0.3) is 21.6 Å². The lowest BCUT2D eigenvalue weighted by Gasteiger charge is -2.03. The van der Waals surface area contributed by atoms with E-state index in [4.69, 9.17) is 16.1 Å². The number of hydrogen-bond acceptors (Lipinski definition) is 6. The van der Waals surface area contributed by atoms with Crippen molar-refractivity contribution >= 4 is 33.8 Å². The summed E-state index contributed by atoms with van der Waals surface area (Å²) in [6.07, 6.45) is 1.45. The minimum absolute atomic E-state index is 0.169. The van der Waals surface area contributed by atoms with E-state index in [9.17, 15) is 4.79 Å². The van der Waals surface area contributed by atoms with Gasteiger partial charge in [0.25, 0.3) is 5.56 Å². The van der Waals surface area contributed by atoms with Crippen molar-refractivity contribution in [2.45, 2.75) is 6.54 Å². The van der Waals surface area contributed by atoms with Gasteiger partial charge in [0.1, 0.15) is 6.54 Å². The van der Waals surface area contributed by atoms with E-state index in [-0.39, 0.29) is 12.1 Å². The molecule has 0 aliphatic rings. The van der Waals surface area contributed by atoms with Crippen LogP contribution >= 0.6 is 22.9 Å². The molecule has 0 radical (unpaired) electrons. The molecule has 0 unspecified atom stereocenters. The van der Waals surface area contributed by atoms with E-state index in [1.54, 1.807) is 18.2 Å². The average molecular weight is 345 g/mol. The van der Waals surface area contributed by atoms with Gasteiger partial charge in [0.05, 0.1) is 22.1 Å². The van der Waals surface area contributed by atoms with E-state index in [0.29, 0.717) is 27.6 Å². The second kappa shape index (κ2) is 5.60. The van der Waals surface area contributed by atoms with Gasteiger partial charge in [0, 0.05) is 5.02 Å². The van der Waals surface area contributed by atoms with Crippen LogP contribution in [0.5, 0.6) is 0 Å². The second-order valence-electron chi connectivity index (χ2n) is 4.83. The molecule has 0 atom stereocenters. The van der Waals surface area contributed by atoms with Crippen LogP contribution in [0.15, 0.2) is 51.4 Å². The molecule has 4 rings (SSSR count). The molecule has 0 N–H and O–H groups in total. The highest BCUT2D eigenvalue weighted by molar-refractivity contribution is 7.13. The van der Waals surface area contributed by atoms with Crippen molar-refractivity contribution in [3.63, 3.8) is 0 Å². The smallest absolute Gasteiger partial charge is 0.261 e. The van der Waals surface area contributed by atoms with Crippen LogP contribution in [0.1, 0.15) is 5.89 Å². The Morgan fingerprint density at radius 3 is 3.04 bits per heavy atom. The Labute approximate surface area is 139 Å². The largest absolute Gasteiger partial charge is 0.337 e. The molecule has 1 aromatic carbocycles. The highest BCUT2D eigenvalue weighted by Gasteiger charge is 2.12. The predicted octanol–water partition coefficient (Wildman–Crippen LogP) is 3.21. The first-order chi connectivity index (χ1) is 11.2. The Morgan fingerprint density at radius 2 is 2.22 bits per heavy atom. The summed E-state index contributed by atoms with van der Waals surface area (Å²) in [5.41, 5.74) is 0.381. The molecule has 0 fully saturated rings. The van der Waals surface area contributed by atoms with Gasteiger partial charge >= 0.3 is 0 Å². The third-order valence-electron chi connectivity index (χ3n) is 3.30. The highest BCUT2D eigenvalue weighted by Crippen LogP contribution is 2.21. The van der Waals surface area contributed by atoms with Gasteiger partial charge in [-0.1, -0.05) is 22.8 Å². The van der Waals surface area contributed by atoms with Gasteiger partial charge in [0.15, 0.2) is 0 Å². The van der Waals surface area contributed by atoms with E-state index in [1.807, 2.05) is 17.5 Å². The number of hydrogen-bond donors (Lipinski definition) is 0. The fourth-order valence-corrected chi connectivity index (χ4v) is 3.03. The minimum atomic E-state index is -0.178. The van der Waals surface area contributed by atoms with E-state index >= 15 is 0 Å². The number of thiophene rings is 1. The lowest BCUT2D eigenvalue weighted by molar-refractivity contribution is 0.370. The molecule has 3 aromatic heterocycles. The molecule has 0 saturated heterocycles. The van der Waals surface area contributed by atoms with Gasteiger partial charge in [-0.2, -0.15) is 4.98 Å². The van der Waals surface area contributed by atoms with Crippen molar-refractivity contribution in [3.8, 4) is 10.7 Å². The summed E-state index contributed by atoms with van der Waals surface area (Å²) >= 11 is 7.43. The third-order valence-corrected chi connectivity index (χ3v) is 4.40. The SMILES string of the molecule is O=c1c2ccc(Cl)cc2ncn1Cc1nc(-c2cccs2)no1. The zero-order valence-electron chi connectivity index (χ0n) is 11.6. The molecule has 0 aliphatic carbocycles. The van der Waals surface area contributed by atoms with Gasteiger partial charge in [-0.15, -0.1) is 11.3 Å². The topological polar surface area (TPSA) is 73.8 Å². The lowest BCUT2D eigenvalue weighted by Crippen LogP contribution is -2.21. The first-order valence-corrected chi connectivity index (χ1v) is 7.97. The van der Waals surface area contributed by atoms with Crippen molar-refractivity contribution in [2.75, 3.05) is 0 Å². The van der Waals surface area contributed by atoms with Gasteiger partial charge in [-0.05, 0) is 29.6 Å². The monoisotopic (exact) mass is 344 g/mol. The molecule has 23 heavy (non-hydrogen) atoms. The van der Waals surface area contributed by atoms with Crippen LogP contribution in [0.2, 0.25) is 5.02 Å². The fourth-order valence-electron chi connectivity index (χ4n) is 2.21. The van der Waals surface area contributed by atoms with E-state index in [2.05, 4.69) is 15.1 Å². The maximum absolute atomic E-state index is 12.5. The number of fused-ring (bicyclic) bond motifs is 1. The number of benzene rings is 1. The summed E-state index contributed by atoms with van der Waals surface area (Å²) in [6, 6.07) is 8.81. The first kappa shape index (κ1) is 14.1. The molecule has 0 saturated carbocycles. The van der Waals surface area contributed by atoms with Gasteiger partial charge in [0.2, 0.25) is 11.7 Å². The molecular formula is C15H9ClN4O2S. The summed E-state index contributed by atoms with van der Waals surface area (Å²) in [7, 11) is 0. The van der Waals surface area contributed by atoms with Crippen molar-refractivity contribution in [1.82, 2.24) is 19.7 Å². The average Bonchev–Trinajstić information content (AvgIpc) is 3.21. The quantitative estimate of drug-likeness (QED) is 0.570. The van der Waals surface area contributed by atoms with Crippen LogP contribution < -0.4 is 5.56 Å². The molecule has 0 aliphatic heterocycles. The van der Waals surface area contributed by atoms with Crippen LogP contribution in [0.4, 0.5) is 0 Å². The molecule has 0 bridgehead atoms.